The molecule has 0 bridgehead atoms. The van der Waals surface area contributed by atoms with Crippen LogP contribution in [0, 0.1) is 23.2 Å². The summed E-state index contributed by atoms with van der Waals surface area (Å²) < 4.78 is 0. The van der Waals surface area contributed by atoms with Crippen LogP contribution in [0.2, 0.25) is 0 Å². The highest BCUT2D eigenvalue weighted by molar-refractivity contribution is 4.92. The monoisotopic (exact) mass is 267 g/mol. The first kappa shape index (κ1) is 18.4. The Morgan fingerprint density at radius 1 is 1.05 bits per heavy atom. The van der Waals surface area contributed by atoms with Gasteiger partial charge in [-0.1, -0.05) is 34.6 Å². The van der Waals surface area contributed by atoms with Crippen LogP contribution >= 0.6 is 0 Å². The van der Waals surface area contributed by atoms with E-state index in [9.17, 15) is 5.26 Å². The molecule has 1 atom stereocenters. The van der Waals surface area contributed by atoms with Crippen LogP contribution in [-0.4, -0.2) is 37.1 Å². The van der Waals surface area contributed by atoms with E-state index in [1.165, 1.54) is 12.8 Å². The molecule has 19 heavy (non-hydrogen) atoms. The van der Waals surface area contributed by atoms with Gasteiger partial charge >= 0.3 is 0 Å². The van der Waals surface area contributed by atoms with Gasteiger partial charge in [-0.15, -0.1) is 0 Å². The maximum Gasteiger partial charge on any atom is 0.108 e. The third-order valence-corrected chi connectivity index (χ3v) is 3.28. The molecule has 1 N–H and O–H groups in total. The topological polar surface area (TPSA) is 39.1 Å². The van der Waals surface area contributed by atoms with Crippen molar-refractivity contribution in [3.8, 4) is 6.07 Å². The Morgan fingerprint density at radius 3 is 1.95 bits per heavy atom. The van der Waals surface area contributed by atoms with E-state index >= 15 is 0 Å². The van der Waals surface area contributed by atoms with Gasteiger partial charge in [0.25, 0.3) is 0 Å². The van der Waals surface area contributed by atoms with E-state index in [0.717, 1.165) is 44.4 Å². The van der Waals surface area contributed by atoms with E-state index in [1.54, 1.807) is 0 Å². The van der Waals surface area contributed by atoms with Crippen LogP contribution in [0.5, 0.6) is 0 Å². The SMILES string of the molecule is CCCNC(C#N)CN(CCC(C)C)CCC(C)C. The Balaban J connectivity index is 4.24. The number of nitrogens with one attached hydrogen (secondary N) is 1. The number of nitriles is 1. The molecule has 3 nitrogen and oxygen atoms in total. The molecule has 0 saturated heterocycles. The predicted octanol–water partition coefficient (Wildman–Crippen LogP) is 3.27. The molecule has 0 amide bonds. The van der Waals surface area contributed by atoms with Crippen molar-refractivity contribution in [2.75, 3.05) is 26.2 Å². The van der Waals surface area contributed by atoms with E-state index in [1.807, 2.05) is 0 Å². The van der Waals surface area contributed by atoms with Crippen molar-refractivity contribution in [3.63, 3.8) is 0 Å². The second-order valence-corrected chi connectivity index (χ2v) is 6.30. The highest BCUT2D eigenvalue weighted by Crippen LogP contribution is 2.07. The Morgan fingerprint density at radius 2 is 1.58 bits per heavy atom. The van der Waals surface area contributed by atoms with Gasteiger partial charge in [0, 0.05) is 6.54 Å². The van der Waals surface area contributed by atoms with Gasteiger partial charge in [-0.25, -0.2) is 0 Å². The molecule has 3 heteroatoms. The summed E-state index contributed by atoms with van der Waals surface area (Å²) >= 11 is 0. The van der Waals surface area contributed by atoms with Crippen molar-refractivity contribution in [1.29, 1.82) is 5.26 Å². The lowest BCUT2D eigenvalue weighted by atomic mass is 10.1. The van der Waals surface area contributed by atoms with Crippen molar-refractivity contribution < 1.29 is 0 Å². The van der Waals surface area contributed by atoms with Crippen molar-refractivity contribution in [1.82, 2.24) is 10.2 Å². The second kappa shape index (κ2) is 11.3. The fraction of sp³-hybridized carbons (Fsp3) is 0.938. The van der Waals surface area contributed by atoms with Gasteiger partial charge < -0.3 is 10.2 Å². The summed E-state index contributed by atoms with van der Waals surface area (Å²) in [6, 6.07) is 2.36. The van der Waals surface area contributed by atoms with Crippen molar-refractivity contribution in [3.05, 3.63) is 0 Å². The second-order valence-electron chi connectivity index (χ2n) is 6.30. The quantitative estimate of drug-likeness (QED) is 0.624. The summed E-state index contributed by atoms with van der Waals surface area (Å²) in [7, 11) is 0. The summed E-state index contributed by atoms with van der Waals surface area (Å²) in [4.78, 5) is 2.45. The summed E-state index contributed by atoms with van der Waals surface area (Å²) in [6.45, 7) is 15.2. The summed E-state index contributed by atoms with van der Waals surface area (Å²) in [6.07, 6.45) is 3.50. The van der Waals surface area contributed by atoms with Gasteiger partial charge in [-0.3, -0.25) is 0 Å². The molecule has 0 aromatic rings. The van der Waals surface area contributed by atoms with Gasteiger partial charge in [0.2, 0.25) is 0 Å². The van der Waals surface area contributed by atoms with Crippen LogP contribution in [0.1, 0.15) is 53.9 Å². The molecule has 0 spiro atoms. The summed E-state index contributed by atoms with van der Waals surface area (Å²) in [5.74, 6) is 1.45. The lowest BCUT2D eigenvalue weighted by molar-refractivity contribution is 0.231. The predicted molar refractivity (Wildman–Crippen MR) is 83.0 cm³/mol. The molecule has 0 fully saturated rings. The molecule has 112 valence electrons. The Labute approximate surface area is 120 Å². The van der Waals surface area contributed by atoms with E-state index in [0.29, 0.717) is 0 Å². The molecular weight excluding hydrogens is 234 g/mol. The largest absolute Gasteiger partial charge is 0.301 e. The van der Waals surface area contributed by atoms with Crippen LogP contribution in [0.3, 0.4) is 0 Å². The van der Waals surface area contributed by atoms with Crippen molar-refractivity contribution in [2.45, 2.75) is 59.9 Å². The fourth-order valence-electron chi connectivity index (χ4n) is 1.90. The van der Waals surface area contributed by atoms with Crippen molar-refractivity contribution in [2.24, 2.45) is 11.8 Å². The average molecular weight is 267 g/mol. The van der Waals surface area contributed by atoms with E-state index in [-0.39, 0.29) is 6.04 Å². The molecule has 0 aliphatic carbocycles. The van der Waals surface area contributed by atoms with E-state index in [2.05, 4.69) is 50.9 Å². The molecule has 0 aliphatic rings. The van der Waals surface area contributed by atoms with Gasteiger partial charge in [0.05, 0.1) is 6.07 Å². The number of hydrogen-bond acceptors (Lipinski definition) is 3. The smallest absolute Gasteiger partial charge is 0.108 e. The average Bonchev–Trinajstić information content (AvgIpc) is 2.36. The molecule has 0 radical (unpaired) electrons. The maximum atomic E-state index is 9.22. The van der Waals surface area contributed by atoms with Gasteiger partial charge in [0.15, 0.2) is 0 Å². The van der Waals surface area contributed by atoms with E-state index < -0.39 is 0 Å². The molecule has 0 heterocycles. The molecular formula is C16H33N3. The third kappa shape index (κ3) is 11.0. The van der Waals surface area contributed by atoms with Gasteiger partial charge in [0.1, 0.15) is 6.04 Å². The van der Waals surface area contributed by atoms with E-state index in [4.69, 9.17) is 0 Å². The summed E-state index contributed by atoms with van der Waals surface area (Å²) in [5.41, 5.74) is 0. The van der Waals surface area contributed by atoms with Crippen LogP contribution in [0.25, 0.3) is 0 Å². The zero-order valence-corrected chi connectivity index (χ0v) is 13.6. The van der Waals surface area contributed by atoms with Crippen LogP contribution in [-0.2, 0) is 0 Å². The molecule has 0 aromatic carbocycles. The molecule has 0 aromatic heterocycles. The highest BCUT2D eigenvalue weighted by atomic mass is 15.1. The highest BCUT2D eigenvalue weighted by Gasteiger charge is 2.13. The van der Waals surface area contributed by atoms with Crippen LogP contribution < -0.4 is 5.32 Å². The molecule has 0 rings (SSSR count). The normalized spacial score (nSPS) is 13.2. The van der Waals surface area contributed by atoms with Crippen LogP contribution in [0.4, 0.5) is 0 Å². The minimum atomic E-state index is -0.0284. The van der Waals surface area contributed by atoms with Gasteiger partial charge in [-0.2, -0.15) is 5.26 Å². The molecule has 0 aliphatic heterocycles. The lowest BCUT2D eigenvalue weighted by Crippen LogP contribution is -2.41. The first-order valence-electron chi connectivity index (χ1n) is 7.84. The minimum Gasteiger partial charge on any atom is -0.301 e. The van der Waals surface area contributed by atoms with Crippen LogP contribution in [0.15, 0.2) is 0 Å². The standard InChI is InChI=1S/C16H33N3/c1-6-9-18-16(12-17)13-19(10-7-14(2)3)11-8-15(4)5/h14-16,18H,6-11,13H2,1-5H3. The molecule has 0 saturated carbocycles. The number of nitrogens with zero attached hydrogens (tertiary/aromatic N) is 2. The fourth-order valence-corrected chi connectivity index (χ4v) is 1.90. The van der Waals surface area contributed by atoms with Crippen molar-refractivity contribution >= 4 is 0 Å². The Kier molecular flexibility index (Phi) is 10.9. The lowest BCUT2D eigenvalue weighted by Gasteiger charge is -2.26. The Hall–Kier alpha value is -0.590. The van der Waals surface area contributed by atoms with Gasteiger partial charge in [-0.05, 0) is 50.7 Å². The number of rotatable bonds is 11. The first-order chi connectivity index (χ1) is 8.99. The zero-order valence-electron chi connectivity index (χ0n) is 13.6. The molecule has 1 unspecified atom stereocenters. The zero-order chi connectivity index (χ0) is 14.7. The number of hydrogen-bond donors (Lipinski definition) is 1. The maximum absolute atomic E-state index is 9.22. The first-order valence-corrected chi connectivity index (χ1v) is 7.84. The third-order valence-electron chi connectivity index (χ3n) is 3.28. The summed E-state index contributed by atoms with van der Waals surface area (Å²) in [5, 5.41) is 12.5. The minimum absolute atomic E-state index is 0.0284. The Bertz CT molecular complexity index is 231.